The molecule has 0 aliphatic carbocycles. The molecule has 3 rings (SSSR count). The second-order valence-electron chi connectivity index (χ2n) is 14.3. The molecule has 52 heavy (non-hydrogen) atoms. The number of fused-ring (bicyclic) bond motifs is 1. The number of carboxylic acid groups (broad SMARTS) is 1. The molecule has 2 aromatic carbocycles. The average Bonchev–Trinajstić information content (AvgIpc) is 3.16. The number of amides is 1. The normalized spacial score (nSPS) is 18.0. The molecular weight excluding hydrogens is 696 g/mol. The van der Waals surface area contributed by atoms with E-state index in [0.717, 1.165) is 80.4 Å². The number of unbranched alkanes of at least 4 members (excludes halogenated alkanes) is 3. The van der Waals surface area contributed by atoms with Crippen molar-refractivity contribution in [3.05, 3.63) is 53.6 Å². The van der Waals surface area contributed by atoms with Crippen LogP contribution >= 0.6 is 0 Å². The molecule has 2 aromatic rings. The smallest absolute Gasteiger partial charge is 0.430 e. The lowest BCUT2D eigenvalue weighted by Crippen LogP contribution is -2.48. The lowest BCUT2D eigenvalue weighted by Gasteiger charge is -2.40. The molecule has 13 heteroatoms. The van der Waals surface area contributed by atoms with Gasteiger partial charge in [0.25, 0.3) is 0 Å². The number of carboxylic acids is 1. The molecule has 1 aliphatic rings. The quantitative estimate of drug-likeness (QED) is 0.136. The van der Waals surface area contributed by atoms with Crippen molar-refractivity contribution >= 4 is 33.1 Å². The number of anilines is 2. The maximum Gasteiger partial charge on any atom is 0.430 e. The van der Waals surface area contributed by atoms with Crippen LogP contribution in [0.5, 0.6) is 0 Å². The summed E-state index contributed by atoms with van der Waals surface area (Å²) in [7, 11) is 0.204. The van der Waals surface area contributed by atoms with Crippen LogP contribution in [-0.2, 0) is 19.4 Å². The van der Waals surface area contributed by atoms with Crippen molar-refractivity contribution < 1.29 is 45.9 Å². The van der Waals surface area contributed by atoms with Gasteiger partial charge in [-0.15, -0.1) is 0 Å². The monoisotopic (exact) mass is 755 g/mol. The molecule has 0 bridgehead atoms. The van der Waals surface area contributed by atoms with Gasteiger partial charge in [0.1, 0.15) is 5.97 Å². The second kappa shape index (κ2) is 19.8. The van der Waals surface area contributed by atoms with Crippen LogP contribution in [0.15, 0.2) is 47.4 Å². The van der Waals surface area contributed by atoms with E-state index in [9.17, 15) is 31.5 Å². The highest BCUT2D eigenvalue weighted by Gasteiger charge is 2.49. The van der Waals surface area contributed by atoms with E-state index < -0.39 is 39.4 Å². The number of rotatable bonds is 17. The van der Waals surface area contributed by atoms with E-state index in [1.807, 2.05) is 55.4 Å². The molecule has 9 nitrogen and oxygen atoms in total. The Bertz CT molecular complexity index is 1540. The molecule has 294 valence electrons. The van der Waals surface area contributed by atoms with Crippen LogP contribution in [0.4, 0.5) is 24.5 Å². The highest BCUT2D eigenvalue weighted by atomic mass is 32.2. The number of sulfone groups is 1. The maximum atomic E-state index is 14.1. The molecule has 0 saturated heterocycles. The van der Waals surface area contributed by atoms with Crippen LogP contribution in [0.1, 0.15) is 109 Å². The van der Waals surface area contributed by atoms with Crippen molar-refractivity contribution in [1.29, 1.82) is 0 Å². The second-order valence-corrected chi connectivity index (χ2v) is 16.3. The van der Waals surface area contributed by atoms with Gasteiger partial charge in [0.15, 0.2) is 9.84 Å². The molecule has 2 unspecified atom stereocenters. The molecule has 1 aliphatic heterocycles. The highest BCUT2D eigenvalue weighted by molar-refractivity contribution is 7.91. The summed E-state index contributed by atoms with van der Waals surface area (Å²) in [5.74, 6) is -3.64. The number of carbonyl (C=O) groups excluding carboxylic acids is 2. The third-order valence-corrected chi connectivity index (χ3v) is 12.7. The van der Waals surface area contributed by atoms with Gasteiger partial charge >= 0.3 is 6.18 Å². The summed E-state index contributed by atoms with van der Waals surface area (Å²) in [5, 5.41) is 24.3. The van der Waals surface area contributed by atoms with Gasteiger partial charge < -0.3 is 29.7 Å². The Morgan fingerprint density at radius 1 is 0.942 bits per heavy atom. The lowest BCUT2D eigenvalue weighted by molar-refractivity contribution is -0.923. The third kappa shape index (κ3) is 11.9. The van der Waals surface area contributed by atoms with E-state index in [0.29, 0.717) is 35.4 Å². The zero-order valence-electron chi connectivity index (χ0n) is 32.0. The van der Waals surface area contributed by atoms with Crippen molar-refractivity contribution in [2.24, 2.45) is 5.41 Å². The van der Waals surface area contributed by atoms with E-state index in [4.69, 9.17) is 9.90 Å². The summed E-state index contributed by atoms with van der Waals surface area (Å²) in [6.07, 6.45) is 1.08. The minimum absolute atomic E-state index is 0.0192. The first-order chi connectivity index (χ1) is 24.4. The van der Waals surface area contributed by atoms with Crippen molar-refractivity contribution in [1.82, 2.24) is 0 Å². The number of quaternary nitrogens is 1. The molecule has 0 fully saturated rings. The Balaban J connectivity index is 0.00000121. The van der Waals surface area contributed by atoms with Gasteiger partial charge in [-0.25, -0.2) is 8.42 Å². The number of aliphatic carboxylic acids is 1. The highest BCUT2D eigenvalue weighted by Crippen LogP contribution is 2.50. The zero-order valence-corrected chi connectivity index (χ0v) is 32.8. The molecule has 0 spiro atoms. The van der Waals surface area contributed by atoms with Crippen molar-refractivity contribution in [2.75, 3.05) is 56.2 Å². The van der Waals surface area contributed by atoms with Gasteiger partial charge in [-0.2, -0.15) is 13.2 Å². The van der Waals surface area contributed by atoms with E-state index in [1.54, 1.807) is 6.07 Å². The number of halogens is 3. The number of benzene rings is 2. The molecular formula is C39H60F3N3O6S. The predicted octanol–water partition coefficient (Wildman–Crippen LogP) is 6.68. The van der Waals surface area contributed by atoms with Gasteiger partial charge in [-0.05, 0) is 87.9 Å². The van der Waals surface area contributed by atoms with Gasteiger partial charge in [0, 0.05) is 43.2 Å². The number of hydrogen-bond donors (Lipinski definition) is 2. The summed E-state index contributed by atoms with van der Waals surface area (Å²) in [6.45, 7) is 15.4. The average molecular weight is 756 g/mol. The minimum atomic E-state index is -5.19. The van der Waals surface area contributed by atoms with Crippen LogP contribution in [-0.4, -0.2) is 88.2 Å². The zero-order chi connectivity index (χ0) is 39.3. The van der Waals surface area contributed by atoms with Crippen LogP contribution in [0, 0.1) is 5.41 Å². The molecule has 1 heterocycles. The standard InChI is InChI=1S/C37H59N3O4S.C2HF3O2/c1-8-13-23-37(24-14-9-2)28-45(43,44)33-22-21-31(39(6)7)27-32(33)35(36(37)42)29-18-17-19-30(26-29)38-34(41)20-15-16-25-40(10-3,11-4)12-5;3-2(4,5)1(6)7/h17-19,21-22,26-27,35-36,42H,8-16,20,23-25,28H2,1-7H3;(H,6,7). The molecule has 2 N–H and O–H groups in total. The predicted molar refractivity (Wildman–Crippen MR) is 199 cm³/mol. The summed E-state index contributed by atoms with van der Waals surface area (Å²) < 4.78 is 60.9. The Kier molecular flexibility index (Phi) is 17.1. The third-order valence-electron chi connectivity index (χ3n) is 10.7. The van der Waals surface area contributed by atoms with Gasteiger partial charge in [-0.3, -0.25) is 4.79 Å². The fraction of sp³-hybridized carbons (Fsp3) is 0.641. The molecule has 0 saturated carbocycles. The van der Waals surface area contributed by atoms with Gasteiger partial charge in [0.05, 0.1) is 42.9 Å². The van der Waals surface area contributed by atoms with Crippen molar-refractivity contribution in [2.45, 2.75) is 115 Å². The molecule has 0 aromatic heterocycles. The molecule has 2 atom stereocenters. The first kappa shape index (κ1) is 45.0. The van der Waals surface area contributed by atoms with Crippen molar-refractivity contribution in [3.8, 4) is 0 Å². The summed E-state index contributed by atoms with van der Waals surface area (Å²) in [5.41, 5.74) is 2.25. The lowest BCUT2D eigenvalue weighted by atomic mass is 9.68. The van der Waals surface area contributed by atoms with Crippen LogP contribution in [0.3, 0.4) is 0 Å². The number of aliphatic hydroxyl groups excluding tert-OH is 1. The topological polar surface area (TPSA) is 127 Å². The fourth-order valence-electron chi connectivity index (χ4n) is 7.30. The molecule has 1 amide bonds. The summed E-state index contributed by atoms with van der Waals surface area (Å²) >= 11 is 0. The number of alkyl halides is 3. The maximum absolute atomic E-state index is 14.1. The van der Waals surface area contributed by atoms with Crippen LogP contribution < -0.4 is 15.3 Å². The Morgan fingerprint density at radius 2 is 1.52 bits per heavy atom. The number of aliphatic hydroxyl groups is 1. The Morgan fingerprint density at radius 3 is 2.02 bits per heavy atom. The van der Waals surface area contributed by atoms with E-state index in [-0.39, 0.29) is 11.7 Å². The fourth-order valence-corrected chi connectivity index (χ4v) is 9.49. The Labute approximate surface area is 309 Å². The van der Waals surface area contributed by atoms with E-state index in [2.05, 4.69) is 39.9 Å². The van der Waals surface area contributed by atoms with Crippen molar-refractivity contribution in [3.63, 3.8) is 0 Å². The van der Waals surface area contributed by atoms with Gasteiger partial charge in [-0.1, -0.05) is 51.7 Å². The largest absolute Gasteiger partial charge is 0.542 e. The minimum Gasteiger partial charge on any atom is -0.542 e. The number of hydrogen-bond acceptors (Lipinski definition) is 7. The SMILES string of the molecule is CCCCC1(CCCC)CS(=O)(=O)c2ccc(N(C)C)cc2C(c2cccc(NC(=O)CCCC[N+](CC)(CC)CC)c2)C1O.O=C([O-])C(F)(F)F. The van der Waals surface area contributed by atoms with Crippen LogP contribution in [0.25, 0.3) is 0 Å². The first-order valence-electron chi connectivity index (χ1n) is 18.6. The number of carbonyl (C=O) groups is 2. The number of nitrogens with one attached hydrogen (secondary N) is 1. The summed E-state index contributed by atoms with van der Waals surface area (Å²) in [6, 6.07) is 13.2. The summed E-state index contributed by atoms with van der Waals surface area (Å²) in [4.78, 5) is 24.1. The molecule has 0 radical (unpaired) electrons. The number of nitrogens with zero attached hydrogens (tertiary/aromatic N) is 2. The van der Waals surface area contributed by atoms with E-state index in [1.165, 1.54) is 0 Å². The Hall–Kier alpha value is -3.16. The van der Waals surface area contributed by atoms with E-state index >= 15 is 0 Å². The van der Waals surface area contributed by atoms with Crippen LogP contribution in [0.2, 0.25) is 0 Å². The van der Waals surface area contributed by atoms with Gasteiger partial charge in [0.2, 0.25) is 5.91 Å². The first-order valence-corrected chi connectivity index (χ1v) is 20.3.